The average Bonchev–Trinajstić information content (AvgIpc) is 2.00. The Morgan fingerprint density at radius 2 is 2.00 bits per heavy atom. The van der Waals surface area contributed by atoms with Crippen molar-refractivity contribution >= 4 is 6.34 Å². The second-order valence-electron chi connectivity index (χ2n) is 2.37. The largest absolute Gasteiger partial charge is 0.440 e. The molecule has 0 aliphatic carbocycles. The topological polar surface area (TPSA) is 24.8 Å². The van der Waals surface area contributed by atoms with Gasteiger partial charge >= 0.3 is 0 Å². The standard InChI is InChI=1S/C9H14N2O/c1-6-8(2)12-9(3)10-7-11(4)5/h6-7H,1-3H2,4-5H3. The van der Waals surface area contributed by atoms with Crippen LogP contribution in [0.3, 0.4) is 0 Å². The van der Waals surface area contributed by atoms with Gasteiger partial charge < -0.3 is 9.64 Å². The molecule has 0 aromatic carbocycles. The number of nitrogens with zero attached hydrogens (tertiary/aromatic N) is 2. The summed E-state index contributed by atoms with van der Waals surface area (Å²) in [5.74, 6) is 0.740. The lowest BCUT2D eigenvalue weighted by atomic mass is 10.5. The van der Waals surface area contributed by atoms with Crippen LogP contribution < -0.4 is 0 Å². The first-order valence-corrected chi connectivity index (χ1v) is 3.45. The first-order valence-electron chi connectivity index (χ1n) is 3.45. The van der Waals surface area contributed by atoms with E-state index in [0.717, 1.165) is 0 Å². The number of hydrogen-bond donors (Lipinski definition) is 0. The van der Waals surface area contributed by atoms with Crippen LogP contribution in [0.5, 0.6) is 0 Å². The van der Waals surface area contributed by atoms with Gasteiger partial charge in [-0.05, 0) is 12.7 Å². The summed E-state index contributed by atoms with van der Waals surface area (Å²) in [5.41, 5.74) is 0. The Balaban J connectivity index is 3.90. The van der Waals surface area contributed by atoms with Crippen molar-refractivity contribution < 1.29 is 4.74 Å². The lowest BCUT2D eigenvalue weighted by Crippen LogP contribution is -2.07. The number of ether oxygens (including phenoxy) is 1. The van der Waals surface area contributed by atoms with Crippen molar-refractivity contribution in [2.45, 2.75) is 0 Å². The van der Waals surface area contributed by atoms with Gasteiger partial charge in [0.1, 0.15) is 5.76 Å². The Morgan fingerprint density at radius 3 is 2.42 bits per heavy atom. The molecule has 0 amide bonds. The van der Waals surface area contributed by atoms with E-state index in [2.05, 4.69) is 24.7 Å². The Morgan fingerprint density at radius 1 is 1.42 bits per heavy atom. The fourth-order valence-electron chi connectivity index (χ4n) is 0.399. The molecule has 0 heterocycles. The molecule has 0 rings (SSSR count). The van der Waals surface area contributed by atoms with Crippen molar-refractivity contribution in [2.75, 3.05) is 14.1 Å². The van der Waals surface area contributed by atoms with E-state index in [4.69, 9.17) is 4.74 Å². The molecular weight excluding hydrogens is 152 g/mol. The Bertz CT molecular complexity index is 217. The van der Waals surface area contributed by atoms with E-state index in [1.807, 2.05) is 14.1 Å². The average molecular weight is 166 g/mol. The number of aliphatic imine (C=N–C) groups is 1. The minimum Gasteiger partial charge on any atom is -0.440 e. The van der Waals surface area contributed by atoms with E-state index < -0.39 is 0 Å². The molecular formula is C9H14N2O. The fourth-order valence-corrected chi connectivity index (χ4v) is 0.399. The smallest absolute Gasteiger partial charge is 0.213 e. The quantitative estimate of drug-likeness (QED) is 0.269. The van der Waals surface area contributed by atoms with Crippen LogP contribution in [-0.2, 0) is 4.74 Å². The molecule has 0 atom stereocenters. The molecule has 0 N–H and O–H groups in total. The molecule has 0 bridgehead atoms. The molecule has 0 unspecified atom stereocenters. The molecule has 3 heteroatoms. The molecule has 0 aliphatic heterocycles. The third-order valence-corrected chi connectivity index (χ3v) is 0.909. The first-order chi connectivity index (χ1) is 5.56. The predicted octanol–water partition coefficient (Wildman–Crippen LogP) is 1.76. The fraction of sp³-hybridized carbons (Fsp3) is 0.222. The number of hydrogen-bond acceptors (Lipinski definition) is 2. The Kier molecular flexibility index (Phi) is 4.53. The summed E-state index contributed by atoms with van der Waals surface area (Å²) in [6, 6.07) is 0. The lowest BCUT2D eigenvalue weighted by Gasteiger charge is -2.05. The molecule has 0 radical (unpaired) electrons. The molecule has 0 fully saturated rings. The van der Waals surface area contributed by atoms with Gasteiger partial charge in [-0.15, -0.1) is 0 Å². The summed E-state index contributed by atoms with van der Waals surface area (Å²) >= 11 is 0. The van der Waals surface area contributed by atoms with Gasteiger partial charge in [0.2, 0.25) is 5.88 Å². The monoisotopic (exact) mass is 166 g/mol. The summed E-state index contributed by atoms with van der Waals surface area (Å²) in [4.78, 5) is 5.67. The van der Waals surface area contributed by atoms with E-state index in [-0.39, 0.29) is 0 Å². The van der Waals surface area contributed by atoms with Gasteiger partial charge in [0, 0.05) is 14.1 Å². The van der Waals surface area contributed by atoms with E-state index in [9.17, 15) is 0 Å². The lowest BCUT2D eigenvalue weighted by molar-refractivity contribution is 0.320. The van der Waals surface area contributed by atoms with Gasteiger partial charge in [0.25, 0.3) is 0 Å². The molecule has 12 heavy (non-hydrogen) atoms. The zero-order valence-corrected chi connectivity index (χ0v) is 7.58. The minimum absolute atomic E-state index is 0.300. The van der Waals surface area contributed by atoms with Gasteiger partial charge in [-0.2, -0.15) is 0 Å². The maximum atomic E-state index is 5.02. The molecule has 0 aliphatic rings. The Labute approximate surface area is 73.4 Å². The normalized spacial score (nSPS) is 9.50. The van der Waals surface area contributed by atoms with E-state index >= 15 is 0 Å². The zero-order valence-electron chi connectivity index (χ0n) is 7.58. The van der Waals surface area contributed by atoms with Gasteiger partial charge in [-0.3, -0.25) is 0 Å². The van der Waals surface area contributed by atoms with E-state index in [1.54, 1.807) is 11.2 Å². The highest BCUT2D eigenvalue weighted by Crippen LogP contribution is 2.03. The zero-order chi connectivity index (χ0) is 9.56. The SMILES string of the molecule is C=CC(=C)OC(=C)N=CN(C)C. The van der Waals surface area contributed by atoms with Crippen molar-refractivity contribution in [3.8, 4) is 0 Å². The third kappa shape index (κ3) is 5.29. The van der Waals surface area contributed by atoms with Crippen LogP contribution >= 0.6 is 0 Å². The molecule has 0 saturated heterocycles. The number of rotatable bonds is 5. The summed E-state index contributed by atoms with van der Waals surface area (Å²) in [6.07, 6.45) is 3.09. The first kappa shape index (κ1) is 10.5. The molecule has 0 saturated carbocycles. The van der Waals surface area contributed by atoms with Gasteiger partial charge in [-0.25, -0.2) is 4.99 Å². The van der Waals surface area contributed by atoms with Crippen LogP contribution in [0.25, 0.3) is 0 Å². The van der Waals surface area contributed by atoms with Crippen LogP contribution in [0, 0.1) is 0 Å². The maximum Gasteiger partial charge on any atom is 0.213 e. The van der Waals surface area contributed by atoms with Crippen molar-refractivity contribution in [3.63, 3.8) is 0 Å². The molecule has 0 spiro atoms. The van der Waals surface area contributed by atoms with Crippen molar-refractivity contribution in [2.24, 2.45) is 4.99 Å². The van der Waals surface area contributed by atoms with Crippen molar-refractivity contribution in [1.82, 2.24) is 4.90 Å². The summed E-state index contributed by atoms with van der Waals surface area (Å²) in [5, 5.41) is 0. The molecule has 66 valence electrons. The van der Waals surface area contributed by atoms with Crippen LogP contribution in [0.4, 0.5) is 0 Å². The van der Waals surface area contributed by atoms with Gasteiger partial charge in [-0.1, -0.05) is 13.2 Å². The van der Waals surface area contributed by atoms with Crippen LogP contribution in [0.1, 0.15) is 0 Å². The maximum absolute atomic E-state index is 5.02. The second kappa shape index (κ2) is 5.18. The van der Waals surface area contributed by atoms with Crippen LogP contribution in [0.15, 0.2) is 42.4 Å². The molecule has 0 aromatic heterocycles. The van der Waals surface area contributed by atoms with Crippen molar-refractivity contribution in [1.29, 1.82) is 0 Å². The highest BCUT2D eigenvalue weighted by Gasteiger charge is 1.90. The van der Waals surface area contributed by atoms with E-state index in [1.165, 1.54) is 6.08 Å². The predicted molar refractivity (Wildman–Crippen MR) is 51.7 cm³/mol. The van der Waals surface area contributed by atoms with E-state index in [0.29, 0.717) is 11.6 Å². The Hall–Kier alpha value is -1.51. The van der Waals surface area contributed by atoms with Crippen LogP contribution in [-0.4, -0.2) is 25.3 Å². The summed E-state index contributed by atoms with van der Waals surface area (Å²) in [6.45, 7) is 10.6. The highest BCUT2D eigenvalue weighted by molar-refractivity contribution is 5.55. The summed E-state index contributed by atoms with van der Waals surface area (Å²) in [7, 11) is 3.72. The highest BCUT2D eigenvalue weighted by atomic mass is 16.5. The second-order valence-corrected chi connectivity index (χ2v) is 2.37. The third-order valence-electron chi connectivity index (χ3n) is 0.909. The molecule has 0 aromatic rings. The molecule has 3 nitrogen and oxygen atoms in total. The van der Waals surface area contributed by atoms with Crippen molar-refractivity contribution in [3.05, 3.63) is 37.5 Å². The summed E-state index contributed by atoms with van der Waals surface area (Å²) < 4.78 is 5.02. The van der Waals surface area contributed by atoms with Gasteiger partial charge in [0.05, 0.1) is 6.34 Å². The number of allylic oxidation sites excluding steroid dienone is 1. The van der Waals surface area contributed by atoms with Crippen LogP contribution in [0.2, 0.25) is 0 Å². The van der Waals surface area contributed by atoms with Gasteiger partial charge in [0.15, 0.2) is 0 Å². The minimum atomic E-state index is 0.300.